The number of hydrogen-bond acceptors (Lipinski definition) is 20. The zero-order chi connectivity index (χ0) is 80.0. The van der Waals surface area contributed by atoms with E-state index in [1.54, 1.807) is 24.3 Å². The summed E-state index contributed by atoms with van der Waals surface area (Å²) >= 11 is 1.23. The van der Waals surface area contributed by atoms with Gasteiger partial charge < -0.3 is 0 Å². The molecule has 0 fully saturated rings. The van der Waals surface area contributed by atoms with Gasteiger partial charge in [0.05, 0.1) is 91.3 Å². The number of thiazole rings is 4. The molecule has 40 heteroatoms. The number of hydrogen-bond donors (Lipinski definition) is 0. The number of halogens is 8. The number of nitriles is 8. The number of rotatable bonds is 0. The number of fused-ring (bicyclic) bond motifs is 20. The van der Waals surface area contributed by atoms with Gasteiger partial charge in [-0.15, -0.1) is 45.3 Å². The van der Waals surface area contributed by atoms with Crippen molar-refractivity contribution in [1.82, 2.24) is 39.9 Å². The van der Waals surface area contributed by atoms with Crippen LogP contribution in [0.4, 0.5) is 35.1 Å². The first-order chi connectivity index (χ1) is 54.1. The molecule has 0 aliphatic heterocycles. The minimum absolute atomic E-state index is 0.0140. The van der Waals surface area contributed by atoms with Gasteiger partial charge in [0, 0.05) is 10.8 Å². The maximum Gasteiger partial charge on any atom is 0.296 e. The van der Waals surface area contributed by atoms with E-state index in [-0.39, 0.29) is 105 Å². The van der Waals surface area contributed by atoms with E-state index in [4.69, 9.17) is 94.7 Å². The summed E-state index contributed by atoms with van der Waals surface area (Å²) in [6.07, 6.45) is 0. The molecule has 0 N–H and O–H groups in total. The van der Waals surface area contributed by atoms with Crippen molar-refractivity contribution in [3.63, 3.8) is 0 Å². The molecular formula is C72H8F8N24S4Se4. The zero-order valence-electron chi connectivity index (χ0n) is 53.6. The molecule has 0 bridgehead atoms. The van der Waals surface area contributed by atoms with Crippen molar-refractivity contribution in [1.29, 1.82) is 42.1 Å². The first-order valence-electron chi connectivity index (χ1n) is 29.4. The Kier molecular flexibility index (Phi) is 20.6. The normalized spacial score (nSPS) is 12.9. The van der Waals surface area contributed by atoms with Gasteiger partial charge in [-0.3, -0.25) is 0 Å². The van der Waals surface area contributed by atoms with E-state index >= 15 is 0 Å². The van der Waals surface area contributed by atoms with Gasteiger partial charge in [-0.05, 0) is 17.5 Å². The Morgan fingerprint density at radius 2 is 0.679 bits per heavy atom. The van der Waals surface area contributed by atoms with Crippen LogP contribution >= 0.6 is 45.3 Å². The molecule has 0 radical (unpaired) electrons. The van der Waals surface area contributed by atoms with E-state index < -0.39 is 125 Å². The molecule has 0 spiro atoms. The van der Waals surface area contributed by atoms with Gasteiger partial charge >= 0.3 is 334 Å². The Morgan fingerprint density at radius 1 is 0.286 bits per heavy atom. The Bertz CT molecular complexity index is 7430. The fraction of sp³-hybridized carbons (Fsp3) is 0. The molecule has 520 valence electrons. The molecule has 0 aliphatic rings. The van der Waals surface area contributed by atoms with Crippen molar-refractivity contribution in [2.75, 3.05) is 0 Å². The molecule has 16 rings (SSSR count). The van der Waals surface area contributed by atoms with Gasteiger partial charge in [0.1, 0.15) is 24.2 Å². The molecule has 0 atom stereocenters. The van der Waals surface area contributed by atoms with Crippen LogP contribution in [0, 0.1) is 190 Å². The molecule has 8 aromatic carbocycles. The van der Waals surface area contributed by atoms with Crippen LogP contribution in [-0.4, -0.2) is 97.9 Å². The fourth-order valence-corrected chi connectivity index (χ4v) is 23.1. The summed E-state index contributed by atoms with van der Waals surface area (Å²) in [5, 5.41) is 73.9. The van der Waals surface area contributed by atoms with E-state index in [1.807, 2.05) is 72.8 Å². The Morgan fingerprint density at radius 3 is 1.23 bits per heavy atom. The zero-order valence-corrected chi connectivity index (χ0v) is 63.8. The summed E-state index contributed by atoms with van der Waals surface area (Å²) in [7, 11) is 0. The van der Waals surface area contributed by atoms with Crippen molar-refractivity contribution in [2.24, 2.45) is 0 Å². The first-order valence-corrected chi connectivity index (χ1v) is 39.5. The first kappa shape index (κ1) is 75.6. The third-order valence-corrected chi connectivity index (χ3v) is 28.7. The molecule has 8 heterocycles. The summed E-state index contributed by atoms with van der Waals surface area (Å²) in [4.78, 5) is 58.7. The largest absolute Gasteiger partial charge is 0.296 e. The molecule has 8 aromatic heterocycles. The number of nitrogens with zero attached hydrogens (tertiary/aromatic N) is 24. The van der Waals surface area contributed by atoms with Crippen molar-refractivity contribution >= 4 is 272 Å². The molecule has 0 saturated heterocycles. The monoisotopic (exact) mass is 1810 g/mol. The Balaban J connectivity index is 0.000000131. The smallest absolute Gasteiger partial charge is 0.248 e. The van der Waals surface area contributed by atoms with Crippen LogP contribution < -0.4 is 35.5 Å². The molecular weight excluding hydrogens is 1800 g/mol. The van der Waals surface area contributed by atoms with Crippen molar-refractivity contribution in [3.05, 3.63) is 222 Å². The third kappa shape index (κ3) is 12.4. The summed E-state index contributed by atoms with van der Waals surface area (Å²) in [5.41, 5.74) is -0.418. The third-order valence-electron chi connectivity index (χ3n) is 15.6. The second kappa shape index (κ2) is 30.5. The van der Waals surface area contributed by atoms with E-state index in [9.17, 15) is 35.1 Å². The summed E-state index contributed by atoms with van der Waals surface area (Å²) in [6, 6.07) is 29.5. The maximum absolute atomic E-state index is 14.8. The van der Waals surface area contributed by atoms with Crippen LogP contribution in [0.25, 0.3) is 207 Å². The van der Waals surface area contributed by atoms with Crippen molar-refractivity contribution in [3.8, 4) is 48.6 Å². The maximum atomic E-state index is 14.8. The van der Waals surface area contributed by atoms with Crippen LogP contribution in [0.5, 0.6) is 0 Å². The minimum atomic E-state index is -1.71. The molecule has 0 unspecified atom stereocenters. The van der Waals surface area contributed by atoms with E-state index in [0.717, 1.165) is 50.5 Å². The van der Waals surface area contributed by atoms with E-state index in [0.29, 0.717) is 51.5 Å². The van der Waals surface area contributed by atoms with Gasteiger partial charge in [0.2, 0.25) is 0 Å². The average Bonchev–Trinajstić information content (AvgIpc) is 0.895. The Hall–Kier alpha value is -14.6. The summed E-state index contributed by atoms with van der Waals surface area (Å²) in [6.45, 7) is 56.6. The molecule has 0 aliphatic carbocycles. The van der Waals surface area contributed by atoms with Crippen LogP contribution in [0.2, 0.25) is 0 Å². The van der Waals surface area contributed by atoms with Crippen LogP contribution in [0.15, 0.2) is 48.5 Å². The molecule has 0 saturated carbocycles. The average molecular weight is 1810 g/mol. The van der Waals surface area contributed by atoms with Crippen LogP contribution in [0.1, 0.15) is 0 Å². The minimum Gasteiger partial charge on any atom is -0.248 e. The molecule has 0 amide bonds. The SMILES string of the molecule is [C-]#[N+]/C(C#N)=c1\nc2c([se]1)c(F)c(F)c1c(F)c(F)c3n/c(=C(/C#N)[N+]#[C-])[se]c3c12.[C-]#[N+]/C(C#N)=c1\nc2c(ccc3ccc4n/c(=C(/C#N)[N+]#[C-])[se]c4c32)[se]1.[C-]#[N+]/C(C#N)=c1\nc2c(ccc3ccc4n/c(=C(/C#N)[N+]#[C-])sc4c32)s1.[C-]#[N+]/C(C#N)=c1\nc2c(s1)c(F)c(F)c1c(F)c(F)c3n/c(=C(/C#N)[N+]#[C-])sc3c12. The predicted octanol–water partition coefficient (Wildman–Crippen LogP) is 9.74. The fourth-order valence-electron chi connectivity index (χ4n) is 10.8. The summed E-state index contributed by atoms with van der Waals surface area (Å²) < 4.78 is 122. The van der Waals surface area contributed by atoms with Gasteiger partial charge in [-0.1, -0.05) is 12.1 Å². The number of aromatic nitrogens is 8. The van der Waals surface area contributed by atoms with Gasteiger partial charge in [0.15, 0.2) is 23.3 Å². The number of benzene rings is 8. The topological polar surface area (TPSA) is 328 Å². The van der Waals surface area contributed by atoms with Crippen LogP contribution in [0.3, 0.4) is 0 Å². The van der Waals surface area contributed by atoms with Crippen molar-refractivity contribution in [2.45, 2.75) is 0 Å². The van der Waals surface area contributed by atoms with Gasteiger partial charge in [-0.25, -0.2) is 77.9 Å². The molecule has 112 heavy (non-hydrogen) atoms. The predicted molar refractivity (Wildman–Crippen MR) is 399 cm³/mol. The van der Waals surface area contributed by atoms with E-state index in [2.05, 4.69) is 78.6 Å². The summed E-state index contributed by atoms with van der Waals surface area (Å²) in [5.74, 6) is -12.7. The van der Waals surface area contributed by atoms with Gasteiger partial charge in [-0.2, -0.15) is 0 Å². The Labute approximate surface area is 654 Å². The molecule has 24 nitrogen and oxygen atoms in total. The second-order valence-corrected chi connectivity index (χ2v) is 33.8. The van der Waals surface area contributed by atoms with Crippen LogP contribution in [-0.2, 0) is 0 Å². The molecule has 16 aromatic rings. The standard InChI is InChI=1S/C18F4N6S2.C18F4N6Se2.C18H4N6S2.C18H4N6Se2/c2*1-25-5(3-23)17-27-13-8-7(10(20)12(22)16(13)30-17)9(19)11(21)14-15(8)29-18(28-14)6(4-24)26-2;2*1-21-11(7-19)17-23-10-5-3-9-4-6-13-15(14(9)16(10)26-17)24-18(25-13)12(8-20)22-2/h;;2*3-6H/b2*17-5+,18-6+;2*17-11+,18-12+. The van der Waals surface area contributed by atoms with Gasteiger partial charge in [0.25, 0.3) is 22.8 Å². The van der Waals surface area contributed by atoms with E-state index in [1.165, 1.54) is 22.7 Å². The second-order valence-electron chi connectivity index (χ2n) is 21.3. The van der Waals surface area contributed by atoms with Crippen molar-refractivity contribution < 1.29 is 35.1 Å². The quantitative estimate of drug-likeness (QED) is 0.0774.